The van der Waals surface area contributed by atoms with Gasteiger partial charge in [0, 0.05) is 44.5 Å². The molecule has 0 aromatic heterocycles. The molecular weight excluding hydrogens is 311 g/mol. The van der Waals surface area contributed by atoms with Crippen LogP contribution in [-0.2, 0) is 9.53 Å². The van der Waals surface area contributed by atoms with Crippen molar-refractivity contribution in [1.82, 2.24) is 5.32 Å². The normalized spacial score (nSPS) is 16.9. The van der Waals surface area contributed by atoms with E-state index in [1.807, 2.05) is 6.92 Å². The predicted octanol–water partition coefficient (Wildman–Crippen LogP) is 2.39. The fourth-order valence-electron chi connectivity index (χ4n) is 3.04. The van der Waals surface area contributed by atoms with E-state index in [1.165, 1.54) is 12.1 Å². The van der Waals surface area contributed by atoms with Crippen LogP contribution >= 0.6 is 0 Å². The lowest BCUT2D eigenvalue weighted by atomic mass is 10.0. The Hall–Kier alpha value is -1.66. The predicted molar refractivity (Wildman–Crippen MR) is 91.5 cm³/mol. The quantitative estimate of drug-likeness (QED) is 0.750. The van der Waals surface area contributed by atoms with Crippen molar-refractivity contribution in [3.05, 3.63) is 29.6 Å². The first kappa shape index (κ1) is 18.7. The average Bonchev–Trinajstić information content (AvgIpc) is 2.56. The molecule has 1 fully saturated rings. The zero-order valence-corrected chi connectivity index (χ0v) is 14.4. The molecule has 1 amide bonds. The van der Waals surface area contributed by atoms with Gasteiger partial charge in [0.2, 0.25) is 5.91 Å². The summed E-state index contributed by atoms with van der Waals surface area (Å²) in [5.41, 5.74) is 1.69. The van der Waals surface area contributed by atoms with E-state index in [0.717, 1.165) is 24.3 Å². The van der Waals surface area contributed by atoms with E-state index in [2.05, 4.69) is 10.2 Å². The molecule has 0 bridgehead atoms. The number of hydrogen-bond donors (Lipinski definition) is 2. The summed E-state index contributed by atoms with van der Waals surface area (Å²) in [6.07, 6.45) is 2.19. The second kappa shape index (κ2) is 8.99. The topological polar surface area (TPSA) is 61.8 Å². The van der Waals surface area contributed by atoms with Crippen LogP contribution in [0, 0.1) is 5.82 Å². The Morgan fingerprint density at radius 2 is 2.17 bits per heavy atom. The van der Waals surface area contributed by atoms with Gasteiger partial charge >= 0.3 is 0 Å². The standard InChI is InChI=1S/C18H27FN2O3/c1-13(20-18(23)4-3-11-24-2)16-12-14(19)5-6-17(16)21-9-7-15(22)8-10-21/h5-6,12-13,15,22H,3-4,7-11H2,1-2H3,(H,20,23). The van der Waals surface area contributed by atoms with Gasteiger partial charge in [-0.05, 0) is 44.4 Å². The number of nitrogens with zero attached hydrogens (tertiary/aromatic N) is 1. The zero-order chi connectivity index (χ0) is 17.5. The van der Waals surface area contributed by atoms with Crippen LogP contribution in [0.2, 0.25) is 0 Å². The van der Waals surface area contributed by atoms with E-state index in [0.29, 0.717) is 32.3 Å². The van der Waals surface area contributed by atoms with Crippen molar-refractivity contribution in [2.24, 2.45) is 0 Å². The number of benzene rings is 1. The number of piperidine rings is 1. The molecule has 2 rings (SSSR count). The molecule has 1 aromatic carbocycles. The number of nitrogens with one attached hydrogen (secondary N) is 1. The maximum absolute atomic E-state index is 13.7. The van der Waals surface area contributed by atoms with Crippen LogP contribution in [0.1, 0.15) is 44.2 Å². The lowest BCUT2D eigenvalue weighted by Gasteiger charge is -2.34. The summed E-state index contributed by atoms with van der Waals surface area (Å²) < 4.78 is 18.7. The van der Waals surface area contributed by atoms with Crippen LogP contribution in [-0.4, -0.2) is 43.9 Å². The summed E-state index contributed by atoms with van der Waals surface area (Å²) in [6, 6.07) is 4.41. The Kier molecular flexibility index (Phi) is 6.99. The largest absolute Gasteiger partial charge is 0.393 e. The molecule has 1 atom stereocenters. The Balaban J connectivity index is 2.07. The van der Waals surface area contributed by atoms with Gasteiger partial charge in [0.15, 0.2) is 0 Å². The SMILES string of the molecule is COCCCC(=O)NC(C)c1cc(F)ccc1N1CCC(O)CC1. The number of methoxy groups -OCH3 is 1. The van der Waals surface area contributed by atoms with E-state index in [9.17, 15) is 14.3 Å². The zero-order valence-electron chi connectivity index (χ0n) is 14.4. The van der Waals surface area contributed by atoms with Crippen LogP contribution in [0.25, 0.3) is 0 Å². The van der Waals surface area contributed by atoms with Crippen molar-refractivity contribution >= 4 is 11.6 Å². The van der Waals surface area contributed by atoms with Crippen molar-refractivity contribution in [2.75, 3.05) is 31.7 Å². The summed E-state index contributed by atoms with van der Waals surface area (Å²) in [6.45, 7) is 3.87. The number of halogens is 1. The highest BCUT2D eigenvalue weighted by Crippen LogP contribution is 2.29. The second-order valence-corrected chi connectivity index (χ2v) is 6.31. The molecule has 2 N–H and O–H groups in total. The molecule has 134 valence electrons. The molecule has 5 nitrogen and oxygen atoms in total. The molecule has 0 saturated carbocycles. The highest BCUT2D eigenvalue weighted by Gasteiger charge is 2.22. The number of aliphatic hydroxyl groups excluding tert-OH is 1. The minimum atomic E-state index is -0.314. The molecule has 24 heavy (non-hydrogen) atoms. The van der Waals surface area contributed by atoms with Gasteiger partial charge < -0.3 is 20.1 Å². The first-order valence-electron chi connectivity index (χ1n) is 8.52. The molecule has 0 radical (unpaired) electrons. The van der Waals surface area contributed by atoms with Crippen LogP contribution in [0.5, 0.6) is 0 Å². The van der Waals surface area contributed by atoms with Gasteiger partial charge in [-0.15, -0.1) is 0 Å². The van der Waals surface area contributed by atoms with E-state index in [4.69, 9.17) is 4.74 Å². The molecule has 1 saturated heterocycles. The van der Waals surface area contributed by atoms with Gasteiger partial charge in [-0.3, -0.25) is 4.79 Å². The van der Waals surface area contributed by atoms with Crippen molar-refractivity contribution < 1.29 is 19.0 Å². The lowest BCUT2D eigenvalue weighted by Crippen LogP contribution is -2.37. The second-order valence-electron chi connectivity index (χ2n) is 6.31. The van der Waals surface area contributed by atoms with Gasteiger partial charge in [0.1, 0.15) is 5.82 Å². The van der Waals surface area contributed by atoms with E-state index >= 15 is 0 Å². The Bertz CT molecular complexity index is 545. The lowest BCUT2D eigenvalue weighted by molar-refractivity contribution is -0.122. The first-order chi connectivity index (χ1) is 11.5. The number of carbonyl (C=O) groups is 1. The van der Waals surface area contributed by atoms with E-state index in [-0.39, 0.29) is 23.9 Å². The summed E-state index contributed by atoms with van der Waals surface area (Å²) in [5, 5.41) is 12.6. The monoisotopic (exact) mass is 338 g/mol. The highest BCUT2D eigenvalue weighted by molar-refractivity contribution is 5.76. The highest BCUT2D eigenvalue weighted by atomic mass is 19.1. The van der Waals surface area contributed by atoms with Crippen LogP contribution < -0.4 is 10.2 Å². The van der Waals surface area contributed by atoms with Crippen molar-refractivity contribution in [1.29, 1.82) is 0 Å². The third-order valence-electron chi connectivity index (χ3n) is 4.39. The maximum atomic E-state index is 13.7. The summed E-state index contributed by atoms with van der Waals surface area (Å²) in [4.78, 5) is 14.2. The van der Waals surface area contributed by atoms with Gasteiger partial charge in [0.25, 0.3) is 0 Å². The molecule has 1 aromatic rings. The fourth-order valence-corrected chi connectivity index (χ4v) is 3.04. The van der Waals surface area contributed by atoms with Gasteiger partial charge in [-0.2, -0.15) is 0 Å². The summed E-state index contributed by atoms with van der Waals surface area (Å²) >= 11 is 0. The number of amides is 1. The number of ether oxygens (including phenoxy) is 1. The third-order valence-corrected chi connectivity index (χ3v) is 4.39. The minimum absolute atomic E-state index is 0.0659. The average molecular weight is 338 g/mol. The number of hydrogen-bond acceptors (Lipinski definition) is 4. The maximum Gasteiger partial charge on any atom is 0.220 e. The number of rotatable bonds is 7. The Morgan fingerprint density at radius 3 is 2.83 bits per heavy atom. The van der Waals surface area contributed by atoms with Crippen molar-refractivity contribution in [2.45, 2.75) is 44.8 Å². The smallest absolute Gasteiger partial charge is 0.220 e. The Morgan fingerprint density at radius 1 is 1.46 bits per heavy atom. The van der Waals surface area contributed by atoms with Crippen LogP contribution in [0.15, 0.2) is 18.2 Å². The molecule has 1 aliphatic heterocycles. The van der Waals surface area contributed by atoms with E-state index < -0.39 is 0 Å². The molecule has 1 unspecified atom stereocenters. The molecule has 0 aliphatic carbocycles. The van der Waals surface area contributed by atoms with E-state index in [1.54, 1.807) is 13.2 Å². The van der Waals surface area contributed by atoms with Crippen molar-refractivity contribution in [3.8, 4) is 0 Å². The summed E-state index contributed by atoms with van der Waals surface area (Å²) in [5.74, 6) is -0.380. The molecule has 0 spiro atoms. The molecule has 1 aliphatic rings. The first-order valence-corrected chi connectivity index (χ1v) is 8.52. The van der Waals surface area contributed by atoms with Crippen molar-refractivity contribution in [3.63, 3.8) is 0 Å². The van der Waals surface area contributed by atoms with Gasteiger partial charge in [0.05, 0.1) is 12.1 Å². The third kappa shape index (κ3) is 5.18. The van der Waals surface area contributed by atoms with Crippen LogP contribution in [0.4, 0.5) is 10.1 Å². The van der Waals surface area contributed by atoms with Crippen LogP contribution in [0.3, 0.4) is 0 Å². The molecule has 6 heteroatoms. The fraction of sp³-hybridized carbons (Fsp3) is 0.611. The van der Waals surface area contributed by atoms with Gasteiger partial charge in [-0.1, -0.05) is 0 Å². The number of aliphatic hydroxyl groups is 1. The number of anilines is 1. The Labute approximate surface area is 142 Å². The summed E-state index contributed by atoms with van der Waals surface area (Å²) in [7, 11) is 1.61. The number of carbonyl (C=O) groups excluding carboxylic acids is 1. The molecular formula is C18H27FN2O3. The van der Waals surface area contributed by atoms with Gasteiger partial charge in [-0.25, -0.2) is 4.39 Å². The molecule has 1 heterocycles. The minimum Gasteiger partial charge on any atom is -0.393 e.